The number of carbonyl (C=O) groups is 4. The number of aryl methyl sites for hydroxylation is 1. The van der Waals surface area contributed by atoms with Gasteiger partial charge in [-0.2, -0.15) is 0 Å². The number of ketones is 1. The van der Waals surface area contributed by atoms with E-state index < -0.39 is 30.4 Å². The number of Topliss-reactive ketones (excluding diaryl/α,β-unsaturated/α-hetero) is 1. The Morgan fingerprint density at radius 1 is 0.825 bits per heavy atom. The van der Waals surface area contributed by atoms with Crippen LogP contribution in [-0.4, -0.2) is 50.9 Å². The lowest BCUT2D eigenvalue weighted by atomic mass is 9.86. The molecule has 0 bridgehead atoms. The standard InChI is InChI=1S/C30H30N2O8/c1-4-26(33)38-17-18-39-29(36)32-25-19-24(16-15-21(25)2)31-28(35)40-20-30(37-3,23-13-9-6-10-14-23)27(34)22-11-7-5-8-12-22/h4-16,19H,1,17-18,20H2,2-3H3,(H,31,35)(H,32,36). The van der Waals surface area contributed by atoms with Crippen LogP contribution in [0.25, 0.3) is 0 Å². The van der Waals surface area contributed by atoms with E-state index in [9.17, 15) is 19.2 Å². The Balaban J connectivity index is 1.67. The normalized spacial score (nSPS) is 11.8. The molecule has 3 rings (SSSR count). The highest BCUT2D eigenvalue weighted by atomic mass is 16.6. The average molecular weight is 547 g/mol. The van der Waals surface area contributed by atoms with E-state index in [1.54, 1.807) is 79.7 Å². The van der Waals surface area contributed by atoms with Gasteiger partial charge in [-0.25, -0.2) is 14.4 Å². The zero-order valence-corrected chi connectivity index (χ0v) is 22.2. The van der Waals surface area contributed by atoms with Gasteiger partial charge in [-0.1, -0.05) is 73.3 Å². The highest BCUT2D eigenvalue weighted by molar-refractivity contribution is 6.03. The lowest BCUT2D eigenvalue weighted by molar-refractivity contribution is -0.138. The van der Waals surface area contributed by atoms with E-state index in [1.165, 1.54) is 13.2 Å². The number of hydrogen-bond donors (Lipinski definition) is 2. The molecule has 0 aliphatic rings. The smallest absolute Gasteiger partial charge is 0.411 e. The van der Waals surface area contributed by atoms with Crippen LogP contribution in [0, 0.1) is 6.92 Å². The molecule has 1 atom stereocenters. The van der Waals surface area contributed by atoms with Crippen LogP contribution in [-0.2, 0) is 29.3 Å². The first-order chi connectivity index (χ1) is 19.3. The molecule has 0 fully saturated rings. The van der Waals surface area contributed by atoms with Crippen LogP contribution >= 0.6 is 0 Å². The monoisotopic (exact) mass is 546 g/mol. The molecule has 208 valence electrons. The molecule has 0 spiro atoms. The summed E-state index contributed by atoms with van der Waals surface area (Å²) < 4.78 is 21.0. The number of nitrogens with one attached hydrogen (secondary N) is 2. The van der Waals surface area contributed by atoms with E-state index in [0.29, 0.717) is 28.1 Å². The van der Waals surface area contributed by atoms with Crippen molar-refractivity contribution in [2.24, 2.45) is 0 Å². The number of anilines is 2. The maximum atomic E-state index is 13.6. The van der Waals surface area contributed by atoms with Gasteiger partial charge in [0.25, 0.3) is 0 Å². The zero-order chi connectivity index (χ0) is 29.0. The quantitative estimate of drug-likeness (QED) is 0.104. The molecular formula is C30H30N2O8. The summed E-state index contributed by atoms with van der Waals surface area (Å²) in [4.78, 5) is 49.5. The molecular weight excluding hydrogens is 516 g/mol. The van der Waals surface area contributed by atoms with Crippen molar-refractivity contribution in [2.75, 3.05) is 37.6 Å². The first-order valence-corrected chi connectivity index (χ1v) is 12.3. The third kappa shape index (κ3) is 7.78. The van der Waals surface area contributed by atoms with Crippen molar-refractivity contribution in [1.29, 1.82) is 0 Å². The van der Waals surface area contributed by atoms with Crippen LogP contribution in [0.3, 0.4) is 0 Å². The van der Waals surface area contributed by atoms with Crippen LogP contribution in [0.4, 0.5) is 21.0 Å². The van der Waals surface area contributed by atoms with Crippen LogP contribution < -0.4 is 10.6 Å². The molecule has 0 saturated heterocycles. The van der Waals surface area contributed by atoms with Crippen molar-refractivity contribution in [1.82, 2.24) is 0 Å². The fraction of sp³-hybridized carbons (Fsp3) is 0.200. The molecule has 0 aliphatic carbocycles. The molecule has 0 radical (unpaired) electrons. The summed E-state index contributed by atoms with van der Waals surface area (Å²) in [5.41, 5.74) is 0.744. The Morgan fingerprint density at radius 3 is 2.10 bits per heavy atom. The number of carbonyl (C=O) groups excluding carboxylic acids is 4. The molecule has 0 aromatic heterocycles. The van der Waals surface area contributed by atoms with E-state index >= 15 is 0 Å². The Kier molecular flexibility index (Phi) is 10.6. The van der Waals surface area contributed by atoms with Gasteiger partial charge in [-0.15, -0.1) is 0 Å². The fourth-order valence-electron chi connectivity index (χ4n) is 3.72. The van der Waals surface area contributed by atoms with Crippen molar-refractivity contribution in [2.45, 2.75) is 12.5 Å². The third-order valence-electron chi connectivity index (χ3n) is 5.85. The van der Waals surface area contributed by atoms with Crippen LogP contribution in [0.5, 0.6) is 0 Å². The molecule has 3 aromatic carbocycles. The zero-order valence-electron chi connectivity index (χ0n) is 22.2. The second kappa shape index (κ2) is 14.3. The van der Waals surface area contributed by atoms with Gasteiger partial charge in [0.2, 0.25) is 5.78 Å². The van der Waals surface area contributed by atoms with Gasteiger partial charge in [-0.3, -0.25) is 15.4 Å². The van der Waals surface area contributed by atoms with Gasteiger partial charge >= 0.3 is 18.2 Å². The minimum Gasteiger partial charge on any atom is -0.459 e. The second-order valence-corrected chi connectivity index (χ2v) is 8.46. The Labute approximate surface area is 231 Å². The molecule has 40 heavy (non-hydrogen) atoms. The van der Waals surface area contributed by atoms with Crippen molar-refractivity contribution in [3.05, 3.63) is 108 Å². The molecule has 1 unspecified atom stereocenters. The van der Waals surface area contributed by atoms with E-state index in [4.69, 9.17) is 18.9 Å². The predicted molar refractivity (Wildman–Crippen MR) is 148 cm³/mol. The van der Waals surface area contributed by atoms with Gasteiger partial charge in [0, 0.05) is 30.1 Å². The number of esters is 1. The highest BCUT2D eigenvalue weighted by Gasteiger charge is 2.42. The van der Waals surface area contributed by atoms with Crippen LogP contribution in [0.1, 0.15) is 21.5 Å². The van der Waals surface area contributed by atoms with Gasteiger partial charge in [0.05, 0.1) is 0 Å². The van der Waals surface area contributed by atoms with E-state index in [0.717, 1.165) is 6.08 Å². The lowest BCUT2D eigenvalue weighted by Crippen LogP contribution is -2.43. The molecule has 0 heterocycles. The number of rotatable bonds is 12. The third-order valence-corrected chi connectivity index (χ3v) is 5.85. The van der Waals surface area contributed by atoms with E-state index in [-0.39, 0.29) is 19.0 Å². The van der Waals surface area contributed by atoms with Gasteiger partial charge in [0.15, 0.2) is 5.60 Å². The van der Waals surface area contributed by atoms with Crippen molar-refractivity contribution < 1.29 is 38.1 Å². The predicted octanol–water partition coefficient (Wildman–Crippen LogP) is 5.25. The Hall–Kier alpha value is -4.96. The number of amides is 2. The summed E-state index contributed by atoms with van der Waals surface area (Å²) in [5, 5.41) is 5.16. The number of benzene rings is 3. The topological polar surface area (TPSA) is 129 Å². The van der Waals surface area contributed by atoms with E-state index in [2.05, 4.69) is 17.2 Å². The highest BCUT2D eigenvalue weighted by Crippen LogP contribution is 2.30. The minimum atomic E-state index is -1.58. The second-order valence-electron chi connectivity index (χ2n) is 8.46. The summed E-state index contributed by atoms with van der Waals surface area (Å²) in [5.74, 6) is -0.990. The van der Waals surface area contributed by atoms with Crippen molar-refractivity contribution >= 4 is 35.3 Å². The molecule has 10 heteroatoms. The van der Waals surface area contributed by atoms with Gasteiger partial charge in [-0.05, 0) is 30.2 Å². The summed E-state index contributed by atoms with van der Waals surface area (Å²) >= 11 is 0. The summed E-state index contributed by atoms with van der Waals surface area (Å²) in [6.45, 7) is 4.36. The van der Waals surface area contributed by atoms with E-state index in [1.807, 2.05) is 0 Å². The molecule has 2 N–H and O–H groups in total. The fourth-order valence-corrected chi connectivity index (χ4v) is 3.72. The lowest BCUT2D eigenvalue weighted by Gasteiger charge is -2.31. The maximum absolute atomic E-state index is 13.6. The number of ether oxygens (including phenoxy) is 4. The molecule has 0 aliphatic heterocycles. The minimum absolute atomic E-state index is 0.122. The largest absolute Gasteiger partial charge is 0.459 e. The number of hydrogen-bond acceptors (Lipinski definition) is 8. The van der Waals surface area contributed by atoms with Crippen LogP contribution in [0.15, 0.2) is 91.5 Å². The van der Waals surface area contributed by atoms with Crippen LogP contribution in [0.2, 0.25) is 0 Å². The SMILES string of the molecule is C=CC(=O)OCCOC(=O)Nc1cc(NC(=O)OCC(OC)(C(=O)c2ccccc2)c2ccccc2)ccc1C. The molecule has 10 nitrogen and oxygen atoms in total. The summed E-state index contributed by atoms with van der Waals surface area (Å²) in [7, 11) is 1.38. The molecule has 2 amide bonds. The first kappa shape index (κ1) is 29.6. The van der Waals surface area contributed by atoms with Crippen molar-refractivity contribution in [3.63, 3.8) is 0 Å². The average Bonchev–Trinajstić information content (AvgIpc) is 2.98. The van der Waals surface area contributed by atoms with Gasteiger partial charge in [0.1, 0.15) is 19.8 Å². The Bertz CT molecular complexity index is 1340. The molecule has 3 aromatic rings. The van der Waals surface area contributed by atoms with Gasteiger partial charge < -0.3 is 18.9 Å². The summed E-state index contributed by atoms with van der Waals surface area (Å²) in [6, 6.07) is 22.2. The maximum Gasteiger partial charge on any atom is 0.411 e. The summed E-state index contributed by atoms with van der Waals surface area (Å²) in [6.07, 6.45) is -0.602. The Morgan fingerprint density at radius 2 is 1.45 bits per heavy atom. The number of methoxy groups -OCH3 is 1. The molecule has 0 saturated carbocycles. The first-order valence-electron chi connectivity index (χ1n) is 12.3. The van der Waals surface area contributed by atoms with Crippen molar-refractivity contribution in [3.8, 4) is 0 Å².